The molecule has 1 saturated carbocycles. The average molecular weight is 252 g/mol. The van der Waals surface area contributed by atoms with E-state index >= 15 is 0 Å². The van der Waals surface area contributed by atoms with Crippen molar-refractivity contribution < 1.29 is 0 Å². The lowest BCUT2D eigenvalue weighted by atomic mass is 9.90. The molecule has 1 aliphatic carbocycles. The highest BCUT2D eigenvalue weighted by Crippen LogP contribution is 2.27. The predicted molar refractivity (Wildman–Crippen MR) is 74.6 cm³/mol. The number of rotatable bonds is 4. The average Bonchev–Trinajstić information content (AvgIpc) is 2.58. The third-order valence-electron chi connectivity index (χ3n) is 3.76. The van der Waals surface area contributed by atoms with Crippen molar-refractivity contribution in [3.8, 4) is 0 Å². The highest BCUT2D eigenvalue weighted by molar-refractivity contribution is 7.09. The van der Waals surface area contributed by atoms with Gasteiger partial charge in [0.25, 0.3) is 0 Å². The zero-order valence-corrected chi connectivity index (χ0v) is 11.9. The maximum Gasteiger partial charge on any atom is 0.0897 e. The molecular formula is C14H24N2S. The summed E-state index contributed by atoms with van der Waals surface area (Å²) >= 11 is 1.78. The van der Waals surface area contributed by atoms with Crippen molar-refractivity contribution in [3.05, 3.63) is 16.1 Å². The molecular weight excluding hydrogens is 228 g/mol. The van der Waals surface area contributed by atoms with E-state index in [1.54, 1.807) is 11.3 Å². The van der Waals surface area contributed by atoms with E-state index in [2.05, 4.69) is 29.5 Å². The van der Waals surface area contributed by atoms with Crippen molar-refractivity contribution in [1.29, 1.82) is 0 Å². The first-order valence-electron chi connectivity index (χ1n) is 6.94. The van der Waals surface area contributed by atoms with E-state index < -0.39 is 0 Å². The number of nitrogens with zero attached hydrogens (tertiary/aromatic N) is 1. The molecule has 17 heavy (non-hydrogen) atoms. The van der Waals surface area contributed by atoms with Crippen LogP contribution in [0.25, 0.3) is 0 Å². The van der Waals surface area contributed by atoms with Crippen molar-refractivity contribution in [2.45, 2.75) is 58.4 Å². The van der Waals surface area contributed by atoms with Gasteiger partial charge in [-0.3, -0.25) is 0 Å². The summed E-state index contributed by atoms with van der Waals surface area (Å²) in [6.07, 6.45) is 8.09. The van der Waals surface area contributed by atoms with Crippen molar-refractivity contribution in [3.63, 3.8) is 0 Å². The predicted octanol–water partition coefficient (Wildman–Crippen LogP) is 3.55. The van der Waals surface area contributed by atoms with Crippen LogP contribution in [0.3, 0.4) is 0 Å². The lowest BCUT2D eigenvalue weighted by Gasteiger charge is -2.25. The van der Waals surface area contributed by atoms with Crippen molar-refractivity contribution in [2.75, 3.05) is 6.54 Å². The second kappa shape index (κ2) is 6.50. The zero-order valence-electron chi connectivity index (χ0n) is 11.0. The van der Waals surface area contributed by atoms with Crippen LogP contribution in [0.2, 0.25) is 0 Å². The molecule has 96 valence electrons. The van der Waals surface area contributed by atoms with Gasteiger partial charge in [0, 0.05) is 11.4 Å². The lowest BCUT2D eigenvalue weighted by Crippen LogP contribution is -2.36. The molecule has 2 unspecified atom stereocenters. The summed E-state index contributed by atoms with van der Waals surface area (Å²) in [5.74, 6) is 0.791. The van der Waals surface area contributed by atoms with Crippen LogP contribution in [0.1, 0.15) is 49.7 Å². The van der Waals surface area contributed by atoms with Gasteiger partial charge in [0.15, 0.2) is 0 Å². The molecule has 1 N–H and O–H groups in total. The summed E-state index contributed by atoms with van der Waals surface area (Å²) in [4.78, 5) is 4.62. The summed E-state index contributed by atoms with van der Waals surface area (Å²) in [5, 5.41) is 7.12. The van der Waals surface area contributed by atoms with Gasteiger partial charge in [-0.25, -0.2) is 4.98 Å². The molecule has 0 spiro atoms. The first-order valence-corrected chi connectivity index (χ1v) is 7.82. The maximum absolute atomic E-state index is 4.62. The third kappa shape index (κ3) is 3.78. The topological polar surface area (TPSA) is 24.9 Å². The number of aryl methyl sites for hydroxylation is 1. The van der Waals surface area contributed by atoms with Crippen molar-refractivity contribution in [2.24, 2.45) is 5.92 Å². The molecule has 1 heterocycles. The standard InChI is InChI=1S/C14H24N2S/c1-3-15-14-8-6-4-5-7-12(14)9-13-10-17-11(2)16-13/h10,12,14-15H,3-9H2,1-2H3. The van der Waals surface area contributed by atoms with Gasteiger partial charge >= 0.3 is 0 Å². The van der Waals surface area contributed by atoms with Gasteiger partial charge in [0.1, 0.15) is 0 Å². The number of nitrogens with one attached hydrogen (secondary N) is 1. The van der Waals surface area contributed by atoms with Crippen LogP contribution < -0.4 is 5.32 Å². The Morgan fingerprint density at radius 2 is 2.18 bits per heavy atom. The molecule has 2 nitrogen and oxygen atoms in total. The van der Waals surface area contributed by atoms with Crippen LogP contribution in [0.5, 0.6) is 0 Å². The molecule has 1 fully saturated rings. The van der Waals surface area contributed by atoms with Gasteiger partial charge in [0.2, 0.25) is 0 Å². The summed E-state index contributed by atoms with van der Waals surface area (Å²) in [6, 6.07) is 0.713. The third-order valence-corrected chi connectivity index (χ3v) is 4.59. The van der Waals surface area contributed by atoms with Crippen molar-refractivity contribution >= 4 is 11.3 Å². The Bertz CT molecular complexity index is 335. The highest BCUT2D eigenvalue weighted by Gasteiger charge is 2.23. The fourth-order valence-electron chi connectivity index (χ4n) is 2.93. The van der Waals surface area contributed by atoms with Crippen molar-refractivity contribution in [1.82, 2.24) is 10.3 Å². The number of thiazole rings is 1. The number of hydrogen-bond donors (Lipinski definition) is 1. The quantitative estimate of drug-likeness (QED) is 0.829. The minimum absolute atomic E-state index is 0.713. The van der Waals surface area contributed by atoms with Gasteiger partial charge in [-0.05, 0) is 38.6 Å². The fraction of sp³-hybridized carbons (Fsp3) is 0.786. The van der Waals surface area contributed by atoms with Gasteiger partial charge < -0.3 is 5.32 Å². The molecule has 2 rings (SSSR count). The SMILES string of the molecule is CCNC1CCCCCC1Cc1csc(C)n1. The molecule has 0 bridgehead atoms. The molecule has 1 aliphatic rings. The Hall–Kier alpha value is -0.410. The molecule has 2 atom stereocenters. The normalized spacial score (nSPS) is 25.8. The van der Waals surface area contributed by atoms with Crippen LogP contribution in [-0.2, 0) is 6.42 Å². The van der Waals surface area contributed by atoms with Crippen LogP contribution in [0.4, 0.5) is 0 Å². The van der Waals surface area contributed by atoms with Crippen LogP contribution in [0.15, 0.2) is 5.38 Å². The second-order valence-corrected chi connectivity index (χ2v) is 6.19. The number of hydrogen-bond acceptors (Lipinski definition) is 3. The lowest BCUT2D eigenvalue weighted by molar-refractivity contribution is 0.335. The Morgan fingerprint density at radius 3 is 2.88 bits per heavy atom. The first kappa shape index (κ1) is 13.0. The zero-order chi connectivity index (χ0) is 12.1. The first-order chi connectivity index (χ1) is 8.29. The summed E-state index contributed by atoms with van der Waals surface area (Å²) in [6.45, 7) is 5.41. The summed E-state index contributed by atoms with van der Waals surface area (Å²) < 4.78 is 0. The van der Waals surface area contributed by atoms with E-state index in [-0.39, 0.29) is 0 Å². The largest absolute Gasteiger partial charge is 0.314 e. The summed E-state index contributed by atoms with van der Waals surface area (Å²) in [5.41, 5.74) is 1.31. The van der Waals surface area contributed by atoms with E-state index in [9.17, 15) is 0 Å². The van der Waals surface area contributed by atoms with Gasteiger partial charge in [-0.1, -0.05) is 26.2 Å². The molecule has 0 radical (unpaired) electrons. The fourth-order valence-corrected chi connectivity index (χ4v) is 3.56. The Balaban J connectivity index is 1.99. The Labute approximate surface area is 109 Å². The molecule has 1 aromatic rings. The van der Waals surface area contributed by atoms with E-state index in [1.807, 2.05) is 0 Å². The molecule has 0 aromatic carbocycles. The van der Waals surface area contributed by atoms with E-state index in [0.717, 1.165) is 12.5 Å². The van der Waals surface area contributed by atoms with Gasteiger partial charge in [0.05, 0.1) is 10.7 Å². The van der Waals surface area contributed by atoms with Crippen LogP contribution >= 0.6 is 11.3 Å². The Morgan fingerprint density at radius 1 is 1.35 bits per heavy atom. The highest BCUT2D eigenvalue weighted by atomic mass is 32.1. The van der Waals surface area contributed by atoms with E-state index in [1.165, 1.54) is 49.2 Å². The molecule has 0 saturated heterocycles. The Kier molecular flexibility index (Phi) is 4.99. The van der Waals surface area contributed by atoms with Crippen LogP contribution in [0, 0.1) is 12.8 Å². The monoisotopic (exact) mass is 252 g/mol. The molecule has 0 amide bonds. The molecule has 0 aliphatic heterocycles. The minimum Gasteiger partial charge on any atom is -0.314 e. The molecule has 3 heteroatoms. The van der Waals surface area contributed by atoms with E-state index in [4.69, 9.17) is 0 Å². The molecule has 1 aromatic heterocycles. The maximum atomic E-state index is 4.62. The summed E-state index contributed by atoms with van der Waals surface area (Å²) in [7, 11) is 0. The van der Waals surface area contributed by atoms with Gasteiger partial charge in [-0.15, -0.1) is 11.3 Å². The second-order valence-electron chi connectivity index (χ2n) is 5.12. The minimum atomic E-state index is 0.713. The van der Waals surface area contributed by atoms with Crippen LogP contribution in [-0.4, -0.2) is 17.6 Å². The smallest absolute Gasteiger partial charge is 0.0897 e. The van der Waals surface area contributed by atoms with E-state index in [0.29, 0.717) is 6.04 Å². The number of aromatic nitrogens is 1. The van der Waals surface area contributed by atoms with Gasteiger partial charge in [-0.2, -0.15) is 0 Å².